The van der Waals surface area contributed by atoms with Crippen LogP contribution in [0.5, 0.6) is 0 Å². The zero-order valence-corrected chi connectivity index (χ0v) is 10.5. The van der Waals surface area contributed by atoms with Gasteiger partial charge in [-0.2, -0.15) is 11.8 Å². The maximum Gasteiger partial charge on any atom is 0.239 e. The topological polar surface area (TPSA) is 70.2 Å². The van der Waals surface area contributed by atoms with Crippen LogP contribution in [0.4, 0.5) is 0 Å². The fourth-order valence-electron chi connectivity index (χ4n) is 1.52. The van der Waals surface area contributed by atoms with Gasteiger partial charge in [0.25, 0.3) is 0 Å². The number of piperazine rings is 1. The Morgan fingerprint density at radius 1 is 1.69 bits per heavy atom. The molecule has 16 heavy (non-hydrogen) atoms. The Bertz CT molecular complexity index is 250. The van der Waals surface area contributed by atoms with Crippen LogP contribution in [0.3, 0.4) is 0 Å². The largest absolute Gasteiger partial charge is 0.353 e. The van der Waals surface area contributed by atoms with Crippen molar-refractivity contribution < 1.29 is 9.59 Å². The second kappa shape index (κ2) is 6.75. The second-order valence-electron chi connectivity index (χ2n) is 3.81. The molecule has 1 heterocycles. The molecule has 3 N–H and O–H groups in total. The van der Waals surface area contributed by atoms with Crippen molar-refractivity contribution in [2.75, 3.05) is 25.1 Å². The number of carbonyl (C=O) groups is 2. The summed E-state index contributed by atoms with van der Waals surface area (Å²) in [7, 11) is 0. The summed E-state index contributed by atoms with van der Waals surface area (Å²) in [5.41, 5.74) is 0. The molecule has 1 aliphatic rings. The molecule has 0 radical (unpaired) electrons. The number of amides is 2. The third kappa shape index (κ3) is 4.02. The molecule has 1 aliphatic heterocycles. The Kier molecular flexibility index (Phi) is 5.62. The molecular weight excluding hydrogens is 226 g/mol. The summed E-state index contributed by atoms with van der Waals surface area (Å²) in [6, 6.07) is -0.0875. The number of nitrogens with one attached hydrogen (secondary N) is 3. The molecule has 1 rings (SSSR count). The molecule has 0 aromatic rings. The molecular formula is C10H19N3O2S. The number of rotatable bonds is 5. The number of thioether (sulfide) groups is 1. The highest BCUT2D eigenvalue weighted by Crippen LogP contribution is 2.01. The lowest BCUT2D eigenvalue weighted by molar-refractivity contribution is -0.126. The fraction of sp³-hybridized carbons (Fsp3) is 0.800. The highest BCUT2D eigenvalue weighted by atomic mass is 32.2. The first-order valence-electron chi connectivity index (χ1n) is 5.46. The first-order valence-corrected chi connectivity index (χ1v) is 6.86. The minimum atomic E-state index is -0.298. The second-order valence-corrected chi connectivity index (χ2v) is 4.72. The van der Waals surface area contributed by atoms with Gasteiger partial charge in [0.1, 0.15) is 6.04 Å². The third-order valence-corrected chi connectivity index (χ3v) is 3.27. The van der Waals surface area contributed by atoms with Gasteiger partial charge >= 0.3 is 0 Å². The molecule has 0 bridgehead atoms. The summed E-state index contributed by atoms with van der Waals surface area (Å²) < 4.78 is 0. The van der Waals surface area contributed by atoms with E-state index in [1.54, 1.807) is 11.8 Å². The summed E-state index contributed by atoms with van der Waals surface area (Å²) in [6.07, 6.45) is 2.94. The van der Waals surface area contributed by atoms with Gasteiger partial charge in [0.05, 0.1) is 6.54 Å². The Morgan fingerprint density at radius 3 is 2.94 bits per heavy atom. The van der Waals surface area contributed by atoms with Crippen molar-refractivity contribution in [3.8, 4) is 0 Å². The van der Waals surface area contributed by atoms with Crippen LogP contribution in [-0.2, 0) is 9.59 Å². The summed E-state index contributed by atoms with van der Waals surface area (Å²) in [6.45, 7) is 2.65. The lowest BCUT2D eigenvalue weighted by Gasteiger charge is -2.25. The van der Waals surface area contributed by atoms with Crippen LogP contribution in [0.1, 0.15) is 13.3 Å². The van der Waals surface area contributed by atoms with E-state index in [1.165, 1.54) is 0 Å². The molecule has 2 amide bonds. The van der Waals surface area contributed by atoms with Gasteiger partial charge in [0.15, 0.2) is 0 Å². The third-order valence-electron chi connectivity index (χ3n) is 2.54. The normalized spacial score (nSPS) is 22.4. The maximum absolute atomic E-state index is 11.8. The van der Waals surface area contributed by atoms with Crippen molar-refractivity contribution >= 4 is 23.6 Å². The van der Waals surface area contributed by atoms with Gasteiger partial charge in [-0.05, 0) is 12.7 Å². The van der Waals surface area contributed by atoms with Gasteiger partial charge in [-0.25, -0.2) is 0 Å². The molecule has 0 spiro atoms. The van der Waals surface area contributed by atoms with Crippen molar-refractivity contribution in [1.82, 2.24) is 16.0 Å². The van der Waals surface area contributed by atoms with Gasteiger partial charge in [0.2, 0.25) is 11.8 Å². The Hall–Kier alpha value is -0.750. The fourth-order valence-corrected chi connectivity index (χ4v) is 2.24. The molecule has 92 valence electrons. The minimum absolute atomic E-state index is 0.0269. The lowest BCUT2D eigenvalue weighted by atomic mass is 10.2. The molecule has 2 unspecified atom stereocenters. The number of carbonyl (C=O) groups excluding carboxylic acids is 2. The van der Waals surface area contributed by atoms with Crippen molar-refractivity contribution in [1.29, 1.82) is 0 Å². The lowest BCUT2D eigenvalue weighted by Crippen LogP contribution is -2.59. The van der Waals surface area contributed by atoms with E-state index in [4.69, 9.17) is 0 Å². The van der Waals surface area contributed by atoms with Gasteiger partial charge < -0.3 is 10.6 Å². The highest BCUT2D eigenvalue weighted by molar-refractivity contribution is 7.98. The van der Waals surface area contributed by atoms with Crippen molar-refractivity contribution in [3.63, 3.8) is 0 Å². The quantitative estimate of drug-likeness (QED) is 0.601. The standard InChI is InChI=1S/C10H19N3O2S/c1-3-7(6-16-2)13-10(15)8-4-12-9(14)5-11-8/h7-8,11H,3-6H2,1-2H3,(H,12,14)(H,13,15). The molecule has 0 saturated carbocycles. The number of hydrogen-bond donors (Lipinski definition) is 3. The van der Waals surface area contributed by atoms with E-state index < -0.39 is 0 Å². The highest BCUT2D eigenvalue weighted by Gasteiger charge is 2.24. The zero-order valence-electron chi connectivity index (χ0n) is 9.71. The summed E-state index contributed by atoms with van der Waals surface area (Å²) in [4.78, 5) is 22.7. The monoisotopic (exact) mass is 245 g/mol. The number of hydrogen-bond acceptors (Lipinski definition) is 4. The van der Waals surface area contributed by atoms with E-state index in [0.29, 0.717) is 6.54 Å². The van der Waals surface area contributed by atoms with Gasteiger partial charge in [-0.15, -0.1) is 0 Å². The van der Waals surface area contributed by atoms with Crippen molar-refractivity contribution in [2.24, 2.45) is 0 Å². The van der Waals surface area contributed by atoms with E-state index in [0.717, 1.165) is 12.2 Å². The van der Waals surface area contributed by atoms with Crippen LogP contribution >= 0.6 is 11.8 Å². The molecule has 0 aliphatic carbocycles. The maximum atomic E-state index is 11.8. The summed E-state index contributed by atoms with van der Waals surface area (Å²) >= 11 is 1.72. The van der Waals surface area contributed by atoms with E-state index >= 15 is 0 Å². The summed E-state index contributed by atoms with van der Waals surface area (Å²) in [5, 5.41) is 8.56. The van der Waals surface area contributed by atoms with Gasteiger partial charge in [-0.3, -0.25) is 14.9 Å². The van der Waals surface area contributed by atoms with Crippen LogP contribution in [-0.4, -0.2) is 49.0 Å². The zero-order chi connectivity index (χ0) is 12.0. The van der Waals surface area contributed by atoms with E-state index in [-0.39, 0.29) is 30.4 Å². The average molecular weight is 245 g/mol. The van der Waals surface area contributed by atoms with Crippen molar-refractivity contribution in [2.45, 2.75) is 25.4 Å². The van der Waals surface area contributed by atoms with Crippen LogP contribution in [0.2, 0.25) is 0 Å². The average Bonchev–Trinajstić information content (AvgIpc) is 2.29. The Morgan fingerprint density at radius 2 is 2.44 bits per heavy atom. The van der Waals surface area contributed by atoms with Crippen LogP contribution in [0.25, 0.3) is 0 Å². The van der Waals surface area contributed by atoms with E-state index in [1.807, 2.05) is 6.26 Å². The predicted molar refractivity (Wildman–Crippen MR) is 65.4 cm³/mol. The molecule has 6 heteroatoms. The molecule has 1 fully saturated rings. The Balaban J connectivity index is 2.36. The molecule has 1 saturated heterocycles. The van der Waals surface area contributed by atoms with E-state index in [9.17, 15) is 9.59 Å². The SMILES string of the molecule is CCC(CSC)NC(=O)C1CNC(=O)CN1. The molecule has 0 aromatic heterocycles. The summed E-state index contributed by atoms with van der Waals surface area (Å²) in [5.74, 6) is 0.836. The molecule has 2 atom stereocenters. The minimum Gasteiger partial charge on any atom is -0.353 e. The van der Waals surface area contributed by atoms with E-state index in [2.05, 4.69) is 22.9 Å². The van der Waals surface area contributed by atoms with Crippen LogP contribution in [0, 0.1) is 0 Å². The predicted octanol–water partition coefficient (Wildman–Crippen LogP) is -0.668. The molecule has 0 aromatic carbocycles. The van der Waals surface area contributed by atoms with Gasteiger partial charge in [-0.1, -0.05) is 6.92 Å². The van der Waals surface area contributed by atoms with Crippen LogP contribution in [0.15, 0.2) is 0 Å². The van der Waals surface area contributed by atoms with Crippen LogP contribution < -0.4 is 16.0 Å². The Labute approximate surface area is 100 Å². The van der Waals surface area contributed by atoms with Crippen molar-refractivity contribution in [3.05, 3.63) is 0 Å². The first kappa shape index (κ1) is 13.3. The van der Waals surface area contributed by atoms with Gasteiger partial charge in [0, 0.05) is 18.3 Å². The smallest absolute Gasteiger partial charge is 0.239 e. The first-order chi connectivity index (χ1) is 7.67. The molecule has 5 nitrogen and oxygen atoms in total.